The molecule has 1 unspecified atom stereocenters. The van der Waals surface area contributed by atoms with E-state index in [-0.39, 0.29) is 35.8 Å². The molecule has 0 saturated carbocycles. The third-order valence-corrected chi connectivity index (χ3v) is 4.01. The summed E-state index contributed by atoms with van der Waals surface area (Å²) in [5.74, 6) is 0.650. The van der Waals surface area contributed by atoms with E-state index in [1.54, 1.807) is 0 Å². The molecule has 5 nitrogen and oxygen atoms in total. The Kier molecular flexibility index (Phi) is 9.69. The Morgan fingerprint density at radius 2 is 2.04 bits per heavy atom. The maximum atomic E-state index is 12.2. The number of hydrogen-bond donors (Lipinski definition) is 2. The second-order valence-corrected chi connectivity index (χ2v) is 5.87. The van der Waals surface area contributed by atoms with E-state index in [1.165, 1.54) is 12.6 Å². The highest BCUT2D eigenvalue weighted by Gasteiger charge is 2.29. The Bertz CT molecular complexity index is 557. The van der Waals surface area contributed by atoms with E-state index < -0.39 is 13.0 Å². The minimum absolute atomic E-state index is 0. The van der Waals surface area contributed by atoms with E-state index in [9.17, 15) is 13.6 Å². The highest BCUT2D eigenvalue weighted by molar-refractivity contribution is 14.0. The number of nitrogens with zero attached hydrogens (tertiary/aromatic N) is 2. The molecule has 1 aliphatic rings. The van der Waals surface area contributed by atoms with Gasteiger partial charge in [0.25, 0.3) is 6.43 Å². The van der Waals surface area contributed by atoms with Crippen LogP contribution < -0.4 is 10.6 Å². The number of aliphatic imine (C=N–C) groups is 1. The molecule has 0 bridgehead atoms. The highest BCUT2D eigenvalue weighted by Crippen LogP contribution is 2.17. The summed E-state index contributed by atoms with van der Waals surface area (Å²) in [5, 5.41) is 5.56. The molecule has 2 rings (SSSR count). The second kappa shape index (κ2) is 11.2. The molecule has 0 aromatic heterocycles. The Hall–Kier alpha value is -1.45. The van der Waals surface area contributed by atoms with E-state index in [4.69, 9.17) is 0 Å². The standard InChI is InChI=1S/C17H24F2N4O.HI/c1-20-17(22-11-15(18)19)21-10-14-9-16(24)23(12-14)8-7-13-5-3-2-4-6-13;/h2-6,14-15H,7-12H2,1H3,(H2,20,21,22);1H. The van der Waals surface area contributed by atoms with Gasteiger partial charge in [0.15, 0.2) is 5.96 Å². The van der Waals surface area contributed by atoms with Crippen LogP contribution in [0.1, 0.15) is 12.0 Å². The van der Waals surface area contributed by atoms with Crippen molar-refractivity contribution in [3.8, 4) is 0 Å². The fourth-order valence-corrected chi connectivity index (χ4v) is 2.75. The van der Waals surface area contributed by atoms with E-state index >= 15 is 0 Å². The van der Waals surface area contributed by atoms with Gasteiger partial charge < -0.3 is 15.5 Å². The summed E-state index contributed by atoms with van der Waals surface area (Å²) in [7, 11) is 1.53. The SMILES string of the molecule is CN=C(NCC(F)F)NCC1CC(=O)N(CCc2ccccc2)C1.I. The van der Waals surface area contributed by atoms with E-state index in [1.807, 2.05) is 23.1 Å². The van der Waals surface area contributed by atoms with Crippen molar-refractivity contribution in [1.82, 2.24) is 15.5 Å². The molecule has 0 aliphatic carbocycles. The number of alkyl halides is 2. The quantitative estimate of drug-likeness (QED) is 0.368. The molecule has 1 aliphatic heterocycles. The van der Waals surface area contributed by atoms with Crippen molar-refractivity contribution in [2.24, 2.45) is 10.9 Å². The summed E-state index contributed by atoms with van der Waals surface area (Å²) < 4.78 is 24.4. The smallest absolute Gasteiger partial charge is 0.255 e. The van der Waals surface area contributed by atoms with Gasteiger partial charge in [-0.1, -0.05) is 30.3 Å². The van der Waals surface area contributed by atoms with Gasteiger partial charge >= 0.3 is 0 Å². The molecule has 2 N–H and O–H groups in total. The largest absolute Gasteiger partial charge is 0.356 e. The zero-order valence-corrected chi connectivity index (χ0v) is 16.6. The molecule has 0 radical (unpaired) electrons. The third-order valence-electron chi connectivity index (χ3n) is 4.01. The molecule has 140 valence electrons. The number of carbonyl (C=O) groups is 1. The summed E-state index contributed by atoms with van der Waals surface area (Å²) in [6.45, 7) is 1.49. The van der Waals surface area contributed by atoms with Crippen molar-refractivity contribution in [3.63, 3.8) is 0 Å². The van der Waals surface area contributed by atoms with Crippen LogP contribution in [0.2, 0.25) is 0 Å². The summed E-state index contributed by atoms with van der Waals surface area (Å²) in [5.41, 5.74) is 1.21. The number of benzene rings is 1. The van der Waals surface area contributed by atoms with Crippen LogP contribution in [0.15, 0.2) is 35.3 Å². The number of likely N-dealkylation sites (tertiary alicyclic amines) is 1. The fraction of sp³-hybridized carbons (Fsp3) is 0.529. The molecule has 1 amide bonds. The fourth-order valence-electron chi connectivity index (χ4n) is 2.75. The van der Waals surface area contributed by atoms with Crippen molar-refractivity contribution in [2.45, 2.75) is 19.3 Å². The number of amides is 1. The summed E-state index contributed by atoms with van der Waals surface area (Å²) in [4.78, 5) is 17.9. The predicted molar refractivity (Wildman–Crippen MR) is 106 cm³/mol. The van der Waals surface area contributed by atoms with Gasteiger partial charge in [0.05, 0.1) is 6.54 Å². The van der Waals surface area contributed by atoms with Gasteiger partial charge in [-0.25, -0.2) is 8.78 Å². The average Bonchev–Trinajstić information content (AvgIpc) is 2.94. The minimum atomic E-state index is -2.43. The first-order valence-electron chi connectivity index (χ1n) is 8.13. The molecule has 0 spiro atoms. The normalized spacial score (nSPS) is 17.6. The van der Waals surface area contributed by atoms with Crippen molar-refractivity contribution in [3.05, 3.63) is 35.9 Å². The van der Waals surface area contributed by atoms with Gasteiger partial charge in [-0.3, -0.25) is 9.79 Å². The Morgan fingerprint density at radius 3 is 2.68 bits per heavy atom. The molecule has 1 aromatic carbocycles. The van der Waals surface area contributed by atoms with E-state index in [0.29, 0.717) is 32.0 Å². The molecule has 1 saturated heterocycles. The first kappa shape index (κ1) is 21.6. The van der Waals surface area contributed by atoms with Gasteiger partial charge in [0.2, 0.25) is 5.91 Å². The summed E-state index contributed by atoms with van der Waals surface area (Å²) in [6, 6.07) is 10.1. The number of nitrogens with one attached hydrogen (secondary N) is 2. The zero-order chi connectivity index (χ0) is 17.4. The lowest BCUT2D eigenvalue weighted by Gasteiger charge is -2.18. The third kappa shape index (κ3) is 7.54. The minimum Gasteiger partial charge on any atom is -0.356 e. The van der Waals surface area contributed by atoms with Gasteiger partial charge in [0.1, 0.15) is 0 Å². The first-order chi connectivity index (χ1) is 11.6. The Balaban J connectivity index is 0.00000312. The molecular formula is C17H25F2IN4O. The molecule has 8 heteroatoms. The van der Waals surface area contributed by atoms with E-state index in [2.05, 4.69) is 27.8 Å². The molecular weight excluding hydrogens is 441 g/mol. The van der Waals surface area contributed by atoms with Crippen LogP contribution in [0.5, 0.6) is 0 Å². The van der Waals surface area contributed by atoms with Crippen LogP contribution in [-0.2, 0) is 11.2 Å². The highest BCUT2D eigenvalue weighted by atomic mass is 127. The average molecular weight is 466 g/mol. The molecule has 1 atom stereocenters. The van der Waals surface area contributed by atoms with Crippen LogP contribution in [0.3, 0.4) is 0 Å². The molecule has 1 aromatic rings. The van der Waals surface area contributed by atoms with Crippen molar-refractivity contribution >= 4 is 35.8 Å². The topological polar surface area (TPSA) is 56.7 Å². The van der Waals surface area contributed by atoms with Crippen molar-refractivity contribution < 1.29 is 13.6 Å². The maximum Gasteiger partial charge on any atom is 0.255 e. The van der Waals surface area contributed by atoms with Gasteiger partial charge in [-0.05, 0) is 12.0 Å². The number of halogens is 3. The lowest BCUT2D eigenvalue weighted by atomic mass is 10.1. The summed E-state index contributed by atoms with van der Waals surface area (Å²) >= 11 is 0. The first-order valence-corrected chi connectivity index (χ1v) is 8.13. The van der Waals surface area contributed by atoms with E-state index in [0.717, 1.165) is 6.42 Å². The number of carbonyl (C=O) groups excluding carboxylic acids is 1. The van der Waals surface area contributed by atoms with Crippen LogP contribution in [0.25, 0.3) is 0 Å². The molecule has 25 heavy (non-hydrogen) atoms. The number of guanidine groups is 1. The summed E-state index contributed by atoms with van der Waals surface area (Å²) in [6.07, 6.45) is -1.11. The van der Waals surface area contributed by atoms with Crippen LogP contribution in [0, 0.1) is 5.92 Å². The molecule has 1 fully saturated rings. The Labute approximate surface area is 164 Å². The van der Waals surface area contributed by atoms with Gasteiger partial charge in [0, 0.05) is 39.0 Å². The predicted octanol–water partition coefficient (Wildman–Crippen LogP) is 2.13. The lowest BCUT2D eigenvalue weighted by Crippen LogP contribution is -2.42. The second-order valence-electron chi connectivity index (χ2n) is 5.87. The van der Waals surface area contributed by atoms with Crippen molar-refractivity contribution in [1.29, 1.82) is 0 Å². The van der Waals surface area contributed by atoms with Crippen LogP contribution in [0.4, 0.5) is 8.78 Å². The van der Waals surface area contributed by atoms with Crippen molar-refractivity contribution in [2.75, 3.05) is 33.2 Å². The number of rotatable bonds is 7. The Morgan fingerprint density at radius 1 is 1.32 bits per heavy atom. The van der Waals surface area contributed by atoms with Crippen LogP contribution >= 0.6 is 24.0 Å². The maximum absolute atomic E-state index is 12.2. The van der Waals surface area contributed by atoms with Gasteiger partial charge in [-0.15, -0.1) is 24.0 Å². The lowest BCUT2D eigenvalue weighted by molar-refractivity contribution is -0.127. The zero-order valence-electron chi connectivity index (χ0n) is 14.3. The number of hydrogen-bond acceptors (Lipinski definition) is 2. The molecule has 1 heterocycles. The van der Waals surface area contributed by atoms with Crippen LogP contribution in [-0.4, -0.2) is 56.4 Å². The van der Waals surface area contributed by atoms with Gasteiger partial charge in [-0.2, -0.15) is 0 Å². The monoisotopic (exact) mass is 466 g/mol.